The van der Waals surface area contributed by atoms with Crippen LogP contribution in [0.3, 0.4) is 0 Å². The van der Waals surface area contributed by atoms with Crippen LogP contribution in [0, 0.1) is 0 Å². The van der Waals surface area contributed by atoms with Crippen molar-refractivity contribution in [1.82, 2.24) is 4.98 Å². The zero-order chi connectivity index (χ0) is 15.4. The molecule has 0 aliphatic carbocycles. The molecule has 0 saturated heterocycles. The van der Waals surface area contributed by atoms with Gasteiger partial charge in [0.25, 0.3) is 0 Å². The molecule has 3 rings (SSSR count). The standard InChI is InChI=1S/C18H15ClNPS/c19-18(17-13-7-8-14-20-17)21(22,15-9-3-1-4-10-15)16-11-5-2-6-12-16/h1-14,18H/t18-/m0/s1. The molecule has 3 aromatic rings. The van der Waals surface area contributed by atoms with Gasteiger partial charge >= 0.3 is 0 Å². The molecule has 0 bridgehead atoms. The second kappa shape index (κ2) is 6.75. The molecule has 1 heterocycles. The van der Waals surface area contributed by atoms with Gasteiger partial charge in [0.05, 0.1) is 5.69 Å². The molecule has 0 aliphatic rings. The Bertz CT molecular complexity index is 734. The van der Waals surface area contributed by atoms with Gasteiger partial charge in [-0.1, -0.05) is 78.5 Å². The zero-order valence-corrected chi connectivity index (χ0v) is 14.3. The second-order valence-electron chi connectivity index (χ2n) is 4.92. The van der Waals surface area contributed by atoms with Crippen molar-refractivity contribution in [3.05, 3.63) is 90.8 Å². The summed E-state index contributed by atoms with van der Waals surface area (Å²) in [6.07, 6.45) is 1.76. The van der Waals surface area contributed by atoms with E-state index >= 15 is 0 Å². The summed E-state index contributed by atoms with van der Waals surface area (Å²) in [7, 11) is 0. The third-order valence-electron chi connectivity index (χ3n) is 3.53. The number of hydrogen-bond donors (Lipinski definition) is 0. The Morgan fingerprint density at radius 2 is 1.27 bits per heavy atom. The van der Waals surface area contributed by atoms with E-state index in [2.05, 4.69) is 29.2 Å². The number of halogens is 1. The van der Waals surface area contributed by atoms with Crippen molar-refractivity contribution in [3.8, 4) is 0 Å². The highest BCUT2D eigenvalue weighted by atomic mass is 35.5. The maximum Gasteiger partial charge on any atom is 0.112 e. The van der Waals surface area contributed by atoms with Gasteiger partial charge in [0.15, 0.2) is 0 Å². The third kappa shape index (κ3) is 2.87. The highest BCUT2D eigenvalue weighted by Gasteiger charge is 2.32. The summed E-state index contributed by atoms with van der Waals surface area (Å²) >= 11 is 13.0. The fraction of sp³-hybridized carbons (Fsp3) is 0.0556. The summed E-state index contributed by atoms with van der Waals surface area (Å²) in [6.45, 7) is 0. The molecule has 110 valence electrons. The average molecular weight is 344 g/mol. The van der Waals surface area contributed by atoms with E-state index in [1.54, 1.807) is 6.20 Å². The van der Waals surface area contributed by atoms with Crippen LogP contribution in [0.25, 0.3) is 0 Å². The lowest BCUT2D eigenvalue weighted by molar-refractivity contribution is 1.15. The molecule has 0 amide bonds. The van der Waals surface area contributed by atoms with Crippen molar-refractivity contribution < 1.29 is 0 Å². The van der Waals surface area contributed by atoms with E-state index in [9.17, 15) is 0 Å². The lowest BCUT2D eigenvalue weighted by atomic mass is 10.4. The fourth-order valence-electron chi connectivity index (χ4n) is 2.41. The number of nitrogens with zero attached hydrogens (tertiary/aromatic N) is 1. The highest BCUT2D eigenvalue weighted by Crippen LogP contribution is 2.59. The molecule has 0 saturated carbocycles. The molecule has 0 fully saturated rings. The van der Waals surface area contributed by atoms with Gasteiger partial charge in [-0.25, -0.2) is 0 Å². The molecular formula is C18H15ClNPS. The summed E-state index contributed by atoms with van der Waals surface area (Å²) in [5.74, 6) is 0. The van der Waals surface area contributed by atoms with Gasteiger partial charge in [0.1, 0.15) is 5.12 Å². The summed E-state index contributed by atoms with van der Waals surface area (Å²) < 4.78 is 0. The highest BCUT2D eigenvalue weighted by molar-refractivity contribution is 8.22. The number of rotatable bonds is 4. The number of aromatic nitrogens is 1. The Kier molecular flexibility index (Phi) is 4.73. The first-order valence-corrected chi connectivity index (χ1v) is 10.3. The maximum absolute atomic E-state index is 6.87. The minimum atomic E-state index is -2.20. The number of pyridine rings is 1. The number of hydrogen-bond acceptors (Lipinski definition) is 2. The van der Waals surface area contributed by atoms with Crippen LogP contribution < -0.4 is 10.6 Å². The van der Waals surface area contributed by atoms with E-state index in [0.717, 1.165) is 16.3 Å². The van der Waals surface area contributed by atoms with Gasteiger partial charge in [-0.3, -0.25) is 4.98 Å². The summed E-state index contributed by atoms with van der Waals surface area (Å²) in [4.78, 5) is 4.42. The Labute approximate surface area is 141 Å². The predicted molar refractivity (Wildman–Crippen MR) is 99.3 cm³/mol. The van der Waals surface area contributed by atoms with Crippen LogP contribution in [0.1, 0.15) is 10.8 Å². The molecular weight excluding hydrogens is 329 g/mol. The number of benzene rings is 2. The Balaban J connectivity index is 2.18. The summed E-state index contributed by atoms with van der Waals surface area (Å²) in [5, 5.41) is 1.90. The van der Waals surface area contributed by atoms with Gasteiger partial charge in [-0.15, -0.1) is 11.6 Å². The van der Waals surface area contributed by atoms with Crippen molar-refractivity contribution in [2.24, 2.45) is 0 Å². The van der Waals surface area contributed by atoms with Crippen molar-refractivity contribution in [2.45, 2.75) is 5.12 Å². The smallest absolute Gasteiger partial charge is 0.112 e. The van der Waals surface area contributed by atoms with Gasteiger partial charge < -0.3 is 0 Å². The quantitative estimate of drug-likeness (QED) is 0.513. The zero-order valence-electron chi connectivity index (χ0n) is 11.8. The van der Waals surface area contributed by atoms with Crippen LogP contribution in [0.15, 0.2) is 85.1 Å². The van der Waals surface area contributed by atoms with Crippen LogP contribution in [0.2, 0.25) is 0 Å². The summed E-state index contributed by atoms with van der Waals surface area (Å²) in [6, 6.07) is 23.9. The maximum atomic E-state index is 6.87. The van der Waals surface area contributed by atoms with E-state index in [0.29, 0.717) is 0 Å². The first-order valence-electron chi connectivity index (χ1n) is 6.99. The normalized spacial score (nSPS) is 12.8. The van der Waals surface area contributed by atoms with E-state index in [4.69, 9.17) is 23.4 Å². The van der Waals surface area contributed by atoms with E-state index in [-0.39, 0.29) is 5.12 Å². The van der Waals surface area contributed by atoms with Crippen LogP contribution in [0.4, 0.5) is 0 Å². The van der Waals surface area contributed by atoms with Crippen molar-refractivity contribution >= 4 is 40.1 Å². The molecule has 22 heavy (non-hydrogen) atoms. The van der Waals surface area contributed by atoms with E-state index in [1.807, 2.05) is 54.6 Å². The molecule has 1 atom stereocenters. The van der Waals surface area contributed by atoms with Crippen molar-refractivity contribution in [1.29, 1.82) is 0 Å². The van der Waals surface area contributed by atoms with Crippen molar-refractivity contribution in [3.63, 3.8) is 0 Å². The molecule has 2 aromatic carbocycles. The molecule has 1 aromatic heterocycles. The summed E-state index contributed by atoms with van der Waals surface area (Å²) in [5.41, 5.74) is 0.834. The predicted octanol–water partition coefficient (Wildman–Crippen LogP) is 4.45. The first-order chi connectivity index (χ1) is 10.7. The Morgan fingerprint density at radius 1 is 0.773 bits per heavy atom. The lowest BCUT2D eigenvalue weighted by Gasteiger charge is -2.28. The second-order valence-corrected chi connectivity index (χ2v) is 10.3. The van der Waals surface area contributed by atoms with Crippen LogP contribution >= 0.6 is 17.6 Å². The molecule has 0 spiro atoms. The van der Waals surface area contributed by atoms with Gasteiger partial charge in [0.2, 0.25) is 0 Å². The molecule has 1 nitrogen and oxygen atoms in total. The Hall–Kier alpha value is -1.47. The van der Waals surface area contributed by atoms with E-state index in [1.165, 1.54) is 0 Å². The Morgan fingerprint density at radius 3 is 1.73 bits per heavy atom. The SMILES string of the molecule is S=P(c1ccccc1)(c1ccccc1)[C@H](Cl)c1ccccn1. The molecule has 0 unspecified atom stereocenters. The molecule has 4 heteroatoms. The molecule has 0 N–H and O–H groups in total. The monoisotopic (exact) mass is 343 g/mol. The number of alkyl halides is 1. The van der Waals surface area contributed by atoms with E-state index < -0.39 is 6.04 Å². The molecule has 0 aliphatic heterocycles. The lowest BCUT2D eigenvalue weighted by Crippen LogP contribution is -2.19. The van der Waals surface area contributed by atoms with Gasteiger partial charge in [0, 0.05) is 12.2 Å². The van der Waals surface area contributed by atoms with Gasteiger partial charge in [-0.2, -0.15) is 0 Å². The first kappa shape index (κ1) is 15.4. The van der Waals surface area contributed by atoms with Crippen LogP contribution in [0.5, 0.6) is 0 Å². The van der Waals surface area contributed by atoms with Crippen LogP contribution in [-0.4, -0.2) is 4.98 Å². The molecule has 0 radical (unpaired) electrons. The topological polar surface area (TPSA) is 12.9 Å². The fourth-order valence-corrected chi connectivity index (χ4v) is 6.85. The average Bonchev–Trinajstić information content (AvgIpc) is 2.62. The largest absolute Gasteiger partial charge is 0.259 e. The minimum Gasteiger partial charge on any atom is -0.259 e. The van der Waals surface area contributed by atoms with Crippen LogP contribution in [-0.2, 0) is 11.8 Å². The van der Waals surface area contributed by atoms with Crippen molar-refractivity contribution in [2.75, 3.05) is 0 Å². The van der Waals surface area contributed by atoms with Gasteiger partial charge in [-0.05, 0) is 22.7 Å². The minimum absolute atomic E-state index is 0.325. The third-order valence-corrected chi connectivity index (χ3v) is 9.91.